The zero-order valence-electron chi connectivity index (χ0n) is 10.6. The van der Waals surface area contributed by atoms with Crippen molar-refractivity contribution in [3.05, 3.63) is 0 Å². The van der Waals surface area contributed by atoms with Crippen LogP contribution >= 0.6 is 0 Å². The summed E-state index contributed by atoms with van der Waals surface area (Å²) >= 11 is 0. The van der Waals surface area contributed by atoms with Crippen molar-refractivity contribution in [1.82, 2.24) is 5.32 Å². The number of nitrogens with one attached hydrogen (secondary N) is 1. The third-order valence-electron chi connectivity index (χ3n) is 3.68. The Labute approximate surface area is 105 Å². The highest BCUT2D eigenvalue weighted by molar-refractivity contribution is 6.30. The lowest BCUT2D eigenvalue weighted by Gasteiger charge is -2.30. The van der Waals surface area contributed by atoms with Crippen LogP contribution in [0.2, 0.25) is 0 Å². The van der Waals surface area contributed by atoms with Gasteiger partial charge in [-0.2, -0.15) is 0 Å². The average Bonchev–Trinajstić information content (AvgIpc) is 2.31. The molecule has 0 amide bonds. The Morgan fingerprint density at radius 1 is 0.647 bits per heavy atom. The summed E-state index contributed by atoms with van der Waals surface area (Å²) in [5.74, 6) is 0. The van der Waals surface area contributed by atoms with Gasteiger partial charge in [0.2, 0.25) is 0 Å². The lowest BCUT2D eigenvalue weighted by atomic mass is 9.91. The van der Waals surface area contributed by atoms with E-state index < -0.39 is 7.32 Å². The van der Waals surface area contributed by atoms with Gasteiger partial charge in [-0.1, -0.05) is 38.5 Å². The van der Waals surface area contributed by atoms with E-state index in [1.165, 1.54) is 64.2 Å². The molecule has 0 aromatic heterocycles. The molecule has 5 heteroatoms. The Morgan fingerprint density at radius 3 is 1.24 bits per heavy atom. The summed E-state index contributed by atoms with van der Waals surface area (Å²) in [6.45, 7) is 0. The second-order valence-corrected chi connectivity index (χ2v) is 5.18. The maximum absolute atomic E-state index is 7.17. The van der Waals surface area contributed by atoms with Gasteiger partial charge in [-0.3, -0.25) is 0 Å². The van der Waals surface area contributed by atoms with Crippen LogP contribution in [0.1, 0.15) is 64.2 Å². The summed E-state index contributed by atoms with van der Waals surface area (Å²) in [5.41, 5.74) is 0. The Balaban J connectivity index is 0.000000317. The van der Waals surface area contributed by atoms with Crippen LogP contribution in [0.3, 0.4) is 0 Å². The molecule has 2 aliphatic carbocycles. The molecular formula is C12H26BNO3. The van der Waals surface area contributed by atoms with Crippen molar-refractivity contribution in [1.29, 1.82) is 0 Å². The van der Waals surface area contributed by atoms with Crippen molar-refractivity contribution in [2.75, 3.05) is 0 Å². The van der Waals surface area contributed by atoms with Crippen LogP contribution in [0.15, 0.2) is 0 Å². The van der Waals surface area contributed by atoms with E-state index in [-0.39, 0.29) is 0 Å². The maximum Gasteiger partial charge on any atom is 0.631 e. The zero-order valence-corrected chi connectivity index (χ0v) is 10.6. The molecule has 0 saturated heterocycles. The van der Waals surface area contributed by atoms with Gasteiger partial charge in [-0.25, -0.2) is 0 Å². The zero-order chi connectivity index (χ0) is 12.5. The predicted octanol–water partition coefficient (Wildman–Crippen LogP) is 1.19. The van der Waals surface area contributed by atoms with E-state index in [9.17, 15) is 0 Å². The molecular weight excluding hydrogens is 217 g/mol. The second-order valence-electron chi connectivity index (χ2n) is 5.18. The molecule has 100 valence electrons. The molecule has 0 atom stereocenters. The van der Waals surface area contributed by atoms with E-state index in [2.05, 4.69) is 5.32 Å². The van der Waals surface area contributed by atoms with Crippen LogP contribution in [0.4, 0.5) is 0 Å². The monoisotopic (exact) mass is 243 g/mol. The van der Waals surface area contributed by atoms with Crippen LogP contribution in [0.5, 0.6) is 0 Å². The molecule has 4 N–H and O–H groups in total. The van der Waals surface area contributed by atoms with E-state index in [4.69, 9.17) is 15.1 Å². The molecule has 2 fully saturated rings. The smallest absolute Gasteiger partial charge is 0.402 e. The van der Waals surface area contributed by atoms with E-state index in [0.29, 0.717) is 0 Å². The Kier molecular flexibility index (Phi) is 7.85. The maximum atomic E-state index is 7.17. The van der Waals surface area contributed by atoms with Crippen molar-refractivity contribution in [3.63, 3.8) is 0 Å². The fourth-order valence-electron chi connectivity index (χ4n) is 2.87. The quantitative estimate of drug-likeness (QED) is 0.550. The third kappa shape index (κ3) is 7.76. The standard InChI is InChI=1S/C12H23N.BH3O3/c1-3-7-11(8-4-1)13-12-9-5-2-6-10-12;2-1(3)4/h11-13H,1-10H2;2-4H. The van der Waals surface area contributed by atoms with Crippen molar-refractivity contribution in [2.24, 2.45) is 0 Å². The van der Waals surface area contributed by atoms with Crippen molar-refractivity contribution < 1.29 is 15.1 Å². The minimum Gasteiger partial charge on any atom is -0.402 e. The summed E-state index contributed by atoms with van der Waals surface area (Å²) in [4.78, 5) is 0. The number of hydrogen-bond acceptors (Lipinski definition) is 4. The minimum absolute atomic E-state index is 0.872. The first kappa shape index (κ1) is 15.0. The molecule has 0 spiro atoms. The van der Waals surface area contributed by atoms with Crippen LogP contribution in [-0.4, -0.2) is 34.5 Å². The molecule has 2 aliphatic rings. The largest absolute Gasteiger partial charge is 0.631 e. The average molecular weight is 243 g/mol. The second kappa shape index (κ2) is 8.92. The van der Waals surface area contributed by atoms with E-state index in [1.54, 1.807) is 0 Å². The fourth-order valence-corrected chi connectivity index (χ4v) is 2.87. The van der Waals surface area contributed by atoms with Gasteiger partial charge in [0, 0.05) is 12.1 Å². The summed E-state index contributed by atoms with van der Waals surface area (Å²) in [6.07, 6.45) is 14.6. The van der Waals surface area contributed by atoms with E-state index in [1.807, 2.05) is 0 Å². The first-order valence-electron chi connectivity index (χ1n) is 6.98. The van der Waals surface area contributed by atoms with Crippen molar-refractivity contribution >= 4 is 7.32 Å². The van der Waals surface area contributed by atoms with E-state index >= 15 is 0 Å². The lowest BCUT2D eigenvalue weighted by molar-refractivity contribution is 0.278. The molecule has 0 unspecified atom stereocenters. The van der Waals surface area contributed by atoms with Gasteiger partial charge in [0.05, 0.1) is 0 Å². The summed E-state index contributed by atoms with van der Waals surface area (Å²) in [5, 5.41) is 25.4. The fraction of sp³-hybridized carbons (Fsp3) is 1.00. The van der Waals surface area contributed by atoms with Gasteiger partial charge in [0.15, 0.2) is 0 Å². The molecule has 0 aliphatic heterocycles. The van der Waals surface area contributed by atoms with Crippen LogP contribution in [0.25, 0.3) is 0 Å². The first-order chi connectivity index (χ1) is 8.18. The number of rotatable bonds is 2. The lowest BCUT2D eigenvalue weighted by Crippen LogP contribution is -2.40. The molecule has 17 heavy (non-hydrogen) atoms. The highest BCUT2D eigenvalue weighted by atomic mass is 16.5. The predicted molar refractivity (Wildman–Crippen MR) is 69.3 cm³/mol. The summed E-state index contributed by atoms with van der Waals surface area (Å²) in [7, 11) is -2.17. The summed E-state index contributed by atoms with van der Waals surface area (Å²) < 4.78 is 0. The van der Waals surface area contributed by atoms with Gasteiger partial charge in [0.25, 0.3) is 0 Å². The van der Waals surface area contributed by atoms with Crippen molar-refractivity contribution in [3.8, 4) is 0 Å². The molecule has 2 saturated carbocycles. The highest BCUT2D eigenvalue weighted by Crippen LogP contribution is 2.22. The molecule has 2 rings (SSSR count). The topological polar surface area (TPSA) is 72.7 Å². The molecule has 0 bridgehead atoms. The summed E-state index contributed by atoms with van der Waals surface area (Å²) in [6, 6.07) is 1.74. The molecule has 0 heterocycles. The van der Waals surface area contributed by atoms with Gasteiger partial charge < -0.3 is 20.4 Å². The van der Waals surface area contributed by atoms with Gasteiger partial charge >= 0.3 is 7.32 Å². The van der Waals surface area contributed by atoms with Crippen LogP contribution in [0, 0.1) is 0 Å². The number of hydrogen-bond donors (Lipinski definition) is 4. The Bertz CT molecular complexity index is 162. The Morgan fingerprint density at radius 2 is 0.941 bits per heavy atom. The van der Waals surface area contributed by atoms with Crippen molar-refractivity contribution in [2.45, 2.75) is 76.3 Å². The third-order valence-corrected chi connectivity index (χ3v) is 3.68. The van der Waals surface area contributed by atoms with Crippen LogP contribution < -0.4 is 5.32 Å². The van der Waals surface area contributed by atoms with Gasteiger partial charge in [0.1, 0.15) is 0 Å². The SMILES string of the molecule is C1CCC(NC2CCCCC2)CC1.OB(O)O. The first-order valence-corrected chi connectivity index (χ1v) is 6.98. The molecule has 0 aromatic rings. The van der Waals surface area contributed by atoms with E-state index in [0.717, 1.165) is 12.1 Å². The minimum atomic E-state index is -2.17. The molecule has 0 radical (unpaired) electrons. The normalized spacial score (nSPS) is 22.8. The molecule has 4 nitrogen and oxygen atoms in total. The van der Waals surface area contributed by atoms with Crippen LogP contribution in [-0.2, 0) is 0 Å². The molecule has 0 aromatic carbocycles. The van der Waals surface area contributed by atoms with Gasteiger partial charge in [-0.15, -0.1) is 0 Å². The highest BCUT2D eigenvalue weighted by Gasteiger charge is 2.19. The Hall–Kier alpha value is -0.0951. The van der Waals surface area contributed by atoms with Gasteiger partial charge in [-0.05, 0) is 25.7 Å².